The number of aromatic nitrogens is 1. The lowest BCUT2D eigenvalue weighted by Crippen LogP contribution is -2.24. The number of benzene rings is 1. The first kappa shape index (κ1) is 15.3. The van der Waals surface area contributed by atoms with Crippen LogP contribution in [0.4, 0.5) is 0 Å². The van der Waals surface area contributed by atoms with Crippen molar-refractivity contribution in [1.82, 2.24) is 9.88 Å². The largest absolute Gasteiger partial charge is 0.497 e. The Bertz CT molecular complexity index is 618. The highest BCUT2D eigenvalue weighted by Gasteiger charge is 2.24. The summed E-state index contributed by atoms with van der Waals surface area (Å²) in [4.78, 5) is 6.48. The van der Waals surface area contributed by atoms with E-state index in [1.54, 1.807) is 19.5 Å². The maximum atomic E-state index is 6.06. The minimum atomic E-state index is 0.233. The van der Waals surface area contributed by atoms with Gasteiger partial charge in [-0.1, -0.05) is 12.1 Å². The Labute approximate surface area is 139 Å². The number of nitrogens with zero attached hydrogens (tertiary/aromatic N) is 2. The monoisotopic (exact) mass is 362 g/mol. The standard InChI is InChI=1S/C17H19BrN2O2/c1-21-14-4-2-13(3-5-14)11-20-9-7-15(12-20)22-17-6-8-19-10-16(17)18/h2-6,8,10,15H,7,9,11-12H2,1H3. The molecule has 1 atom stereocenters. The molecule has 1 saturated heterocycles. The molecule has 1 aliphatic rings. The molecule has 0 aliphatic carbocycles. The van der Waals surface area contributed by atoms with E-state index in [-0.39, 0.29) is 6.10 Å². The van der Waals surface area contributed by atoms with Crippen molar-refractivity contribution < 1.29 is 9.47 Å². The fourth-order valence-electron chi connectivity index (χ4n) is 2.66. The van der Waals surface area contributed by atoms with Crippen molar-refractivity contribution in [3.05, 3.63) is 52.8 Å². The van der Waals surface area contributed by atoms with E-state index in [0.717, 1.165) is 42.0 Å². The third-order valence-corrected chi connectivity index (χ3v) is 4.42. The number of methoxy groups -OCH3 is 1. The molecule has 4 nitrogen and oxygen atoms in total. The van der Waals surface area contributed by atoms with E-state index in [1.807, 2.05) is 18.2 Å². The molecule has 0 saturated carbocycles. The van der Waals surface area contributed by atoms with Crippen molar-refractivity contribution in [3.63, 3.8) is 0 Å². The van der Waals surface area contributed by atoms with Gasteiger partial charge in [0.25, 0.3) is 0 Å². The van der Waals surface area contributed by atoms with E-state index < -0.39 is 0 Å². The van der Waals surface area contributed by atoms with Gasteiger partial charge < -0.3 is 9.47 Å². The van der Waals surface area contributed by atoms with Crippen molar-refractivity contribution in [3.8, 4) is 11.5 Å². The smallest absolute Gasteiger partial charge is 0.137 e. The van der Waals surface area contributed by atoms with Crippen molar-refractivity contribution in [2.24, 2.45) is 0 Å². The summed E-state index contributed by atoms with van der Waals surface area (Å²) in [5.41, 5.74) is 1.30. The highest BCUT2D eigenvalue weighted by atomic mass is 79.9. The summed E-state index contributed by atoms with van der Waals surface area (Å²) in [5.74, 6) is 1.76. The Morgan fingerprint density at radius 1 is 1.27 bits per heavy atom. The molecule has 2 aromatic rings. The van der Waals surface area contributed by atoms with Crippen LogP contribution in [0.15, 0.2) is 47.2 Å². The third kappa shape index (κ3) is 3.78. The van der Waals surface area contributed by atoms with Gasteiger partial charge in [-0.3, -0.25) is 9.88 Å². The number of halogens is 1. The van der Waals surface area contributed by atoms with E-state index in [9.17, 15) is 0 Å². The quantitative estimate of drug-likeness (QED) is 0.815. The van der Waals surface area contributed by atoms with Crippen LogP contribution >= 0.6 is 15.9 Å². The van der Waals surface area contributed by atoms with E-state index in [2.05, 4.69) is 37.9 Å². The summed E-state index contributed by atoms with van der Waals surface area (Å²) in [6.45, 7) is 2.95. The average Bonchev–Trinajstić information content (AvgIpc) is 2.97. The molecule has 22 heavy (non-hydrogen) atoms. The Morgan fingerprint density at radius 2 is 2.09 bits per heavy atom. The second kappa shape index (κ2) is 7.11. The van der Waals surface area contributed by atoms with E-state index in [1.165, 1.54) is 5.56 Å². The Balaban J connectivity index is 1.54. The second-order valence-electron chi connectivity index (χ2n) is 5.42. The van der Waals surface area contributed by atoms with Crippen LogP contribution in [0.1, 0.15) is 12.0 Å². The predicted molar refractivity (Wildman–Crippen MR) is 89.2 cm³/mol. The fraction of sp³-hybridized carbons (Fsp3) is 0.353. The first-order valence-electron chi connectivity index (χ1n) is 7.36. The highest BCUT2D eigenvalue weighted by Crippen LogP contribution is 2.26. The number of rotatable bonds is 5. The summed E-state index contributed by atoms with van der Waals surface area (Å²) in [6, 6.07) is 10.1. The molecular formula is C17H19BrN2O2. The van der Waals surface area contributed by atoms with Gasteiger partial charge in [-0.15, -0.1) is 0 Å². The number of pyridine rings is 1. The molecule has 0 spiro atoms. The van der Waals surface area contributed by atoms with Crippen LogP contribution < -0.4 is 9.47 Å². The van der Waals surface area contributed by atoms with Crippen molar-refractivity contribution in [2.45, 2.75) is 19.1 Å². The summed E-state index contributed by atoms with van der Waals surface area (Å²) >= 11 is 3.47. The van der Waals surface area contributed by atoms with Crippen LogP contribution in [0.2, 0.25) is 0 Å². The Kier molecular flexibility index (Phi) is 4.95. The predicted octanol–water partition coefficient (Wildman–Crippen LogP) is 3.51. The molecule has 3 rings (SSSR count). The van der Waals surface area contributed by atoms with Gasteiger partial charge in [0.1, 0.15) is 17.6 Å². The van der Waals surface area contributed by atoms with E-state index in [0.29, 0.717) is 0 Å². The molecule has 1 aromatic heterocycles. The van der Waals surface area contributed by atoms with Crippen LogP contribution in [0.3, 0.4) is 0 Å². The summed E-state index contributed by atoms with van der Waals surface area (Å²) < 4.78 is 12.2. The molecule has 1 unspecified atom stereocenters. The zero-order chi connectivity index (χ0) is 15.4. The van der Waals surface area contributed by atoms with Gasteiger partial charge in [-0.25, -0.2) is 0 Å². The summed E-state index contributed by atoms with van der Waals surface area (Å²) in [7, 11) is 1.69. The topological polar surface area (TPSA) is 34.6 Å². The van der Waals surface area contributed by atoms with Crippen molar-refractivity contribution in [2.75, 3.05) is 20.2 Å². The first-order chi connectivity index (χ1) is 10.7. The SMILES string of the molecule is COc1ccc(CN2CCC(Oc3ccncc3Br)C2)cc1. The van der Waals surface area contributed by atoms with Gasteiger partial charge in [0.05, 0.1) is 11.6 Å². The number of hydrogen-bond donors (Lipinski definition) is 0. The van der Waals surface area contributed by atoms with Gasteiger partial charge in [0.15, 0.2) is 0 Å². The molecule has 0 amide bonds. The molecule has 1 aromatic carbocycles. The molecule has 1 fully saturated rings. The van der Waals surface area contributed by atoms with Crippen LogP contribution in [0, 0.1) is 0 Å². The van der Waals surface area contributed by atoms with Gasteiger partial charge in [-0.2, -0.15) is 0 Å². The third-order valence-electron chi connectivity index (χ3n) is 3.82. The van der Waals surface area contributed by atoms with Crippen LogP contribution in [-0.2, 0) is 6.54 Å². The number of ether oxygens (including phenoxy) is 2. The van der Waals surface area contributed by atoms with Crippen LogP contribution in [0.5, 0.6) is 11.5 Å². The normalized spacial score (nSPS) is 18.4. The number of likely N-dealkylation sites (tertiary alicyclic amines) is 1. The molecule has 116 valence electrons. The highest BCUT2D eigenvalue weighted by molar-refractivity contribution is 9.10. The Hall–Kier alpha value is -1.59. The lowest BCUT2D eigenvalue weighted by atomic mass is 10.2. The van der Waals surface area contributed by atoms with E-state index >= 15 is 0 Å². The fourth-order valence-corrected chi connectivity index (χ4v) is 3.01. The molecule has 0 N–H and O–H groups in total. The van der Waals surface area contributed by atoms with Gasteiger partial charge in [0, 0.05) is 32.0 Å². The molecular weight excluding hydrogens is 344 g/mol. The molecule has 0 bridgehead atoms. The van der Waals surface area contributed by atoms with Gasteiger partial charge in [-0.05, 0) is 46.1 Å². The van der Waals surface area contributed by atoms with Crippen LogP contribution in [-0.4, -0.2) is 36.2 Å². The van der Waals surface area contributed by atoms with Gasteiger partial charge >= 0.3 is 0 Å². The average molecular weight is 363 g/mol. The summed E-state index contributed by atoms with van der Waals surface area (Å²) in [6.07, 6.45) is 4.80. The molecule has 1 aliphatic heterocycles. The van der Waals surface area contributed by atoms with Crippen LogP contribution in [0.25, 0.3) is 0 Å². The maximum absolute atomic E-state index is 6.06. The minimum absolute atomic E-state index is 0.233. The lowest BCUT2D eigenvalue weighted by molar-refractivity contribution is 0.197. The molecule has 2 heterocycles. The van der Waals surface area contributed by atoms with Gasteiger partial charge in [0.2, 0.25) is 0 Å². The minimum Gasteiger partial charge on any atom is -0.497 e. The zero-order valence-corrected chi connectivity index (χ0v) is 14.1. The van der Waals surface area contributed by atoms with Crippen molar-refractivity contribution >= 4 is 15.9 Å². The lowest BCUT2D eigenvalue weighted by Gasteiger charge is -2.17. The van der Waals surface area contributed by atoms with E-state index in [4.69, 9.17) is 9.47 Å². The summed E-state index contributed by atoms with van der Waals surface area (Å²) in [5, 5.41) is 0. The first-order valence-corrected chi connectivity index (χ1v) is 8.15. The van der Waals surface area contributed by atoms with Crippen molar-refractivity contribution in [1.29, 1.82) is 0 Å². The zero-order valence-electron chi connectivity index (χ0n) is 12.5. The number of hydrogen-bond acceptors (Lipinski definition) is 4. The Morgan fingerprint density at radius 3 is 2.82 bits per heavy atom. The maximum Gasteiger partial charge on any atom is 0.137 e. The molecule has 0 radical (unpaired) electrons. The second-order valence-corrected chi connectivity index (χ2v) is 6.27. The molecule has 5 heteroatoms.